The molecule has 1 N–H and O–H groups in total. The molecule has 8 heteroatoms. The van der Waals surface area contributed by atoms with Gasteiger partial charge in [0.05, 0.1) is 12.0 Å². The minimum Gasteiger partial charge on any atom is -0.462 e. The summed E-state index contributed by atoms with van der Waals surface area (Å²) in [7, 11) is 0. The van der Waals surface area contributed by atoms with Gasteiger partial charge in [-0.1, -0.05) is 30.3 Å². The number of nitrogens with one attached hydrogen (secondary N) is 1. The number of carbonyl (C=O) groups is 1. The number of piperidine rings is 1. The molecular weight excluding hydrogens is 422 g/mol. The summed E-state index contributed by atoms with van der Waals surface area (Å²) in [6.07, 6.45) is 5.79. The number of benzene rings is 1. The zero-order valence-electron chi connectivity index (χ0n) is 17.5. The van der Waals surface area contributed by atoms with E-state index in [2.05, 4.69) is 10.2 Å². The second-order valence-corrected chi connectivity index (χ2v) is 9.46. The Labute approximate surface area is 189 Å². The number of likely N-dealkylation sites (tertiary alicyclic amines) is 1. The Morgan fingerprint density at radius 1 is 1.00 bits per heavy atom. The SMILES string of the molecule is O=C(c1sc(-c2ccco2)nc1-c1ccccc1)N1CCC(c2nc(C3CC3)n[nH]2)CC1. The van der Waals surface area contributed by atoms with E-state index in [1.807, 2.05) is 47.4 Å². The van der Waals surface area contributed by atoms with Gasteiger partial charge >= 0.3 is 0 Å². The zero-order valence-corrected chi connectivity index (χ0v) is 18.3. The van der Waals surface area contributed by atoms with Crippen molar-refractivity contribution in [1.29, 1.82) is 0 Å². The van der Waals surface area contributed by atoms with Gasteiger partial charge in [0.2, 0.25) is 0 Å². The van der Waals surface area contributed by atoms with Crippen molar-refractivity contribution < 1.29 is 9.21 Å². The van der Waals surface area contributed by atoms with Gasteiger partial charge in [-0.05, 0) is 37.8 Å². The molecule has 0 atom stereocenters. The number of nitrogens with zero attached hydrogens (tertiary/aromatic N) is 4. The van der Waals surface area contributed by atoms with Crippen molar-refractivity contribution >= 4 is 17.2 Å². The molecular formula is C24H23N5O2S. The van der Waals surface area contributed by atoms with Crippen LogP contribution in [0.3, 0.4) is 0 Å². The Morgan fingerprint density at radius 3 is 2.53 bits per heavy atom. The first-order chi connectivity index (χ1) is 15.8. The summed E-state index contributed by atoms with van der Waals surface area (Å²) in [6.45, 7) is 1.40. The number of hydrogen-bond donors (Lipinski definition) is 1. The van der Waals surface area contributed by atoms with Crippen LogP contribution in [-0.4, -0.2) is 44.1 Å². The molecule has 4 aromatic rings. The van der Waals surface area contributed by atoms with Crippen LogP contribution in [0.4, 0.5) is 0 Å². The highest BCUT2D eigenvalue weighted by Gasteiger charge is 2.32. The molecule has 0 spiro atoms. The standard InChI is InChI=1S/C24H23N5O2S/c30-24(29-12-10-17(11-13-29)22-26-21(27-28-22)16-8-9-16)20-19(15-5-2-1-3-6-15)25-23(32-20)18-7-4-14-31-18/h1-7,14,16-17H,8-13H2,(H,26,27,28). The Kier molecular flexibility index (Phi) is 4.87. The van der Waals surface area contributed by atoms with Crippen molar-refractivity contribution in [2.24, 2.45) is 0 Å². The molecule has 1 aliphatic carbocycles. The van der Waals surface area contributed by atoms with Crippen LogP contribution in [0.5, 0.6) is 0 Å². The maximum Gasteiger partial charge on any atom is 0.266 e. The summed E-state index contributed by atoms with van der Waals surface area (Å²) in [5.41, 5.74) is 1.66. The summed E-state index contributed by atoms with van der Waals surface area (Å²) in [4.78, 5) is 25.7. The van der Waals surface area contributed by atoms with Gasteiger partial charge in [0.25, 0.3) is 5.91 Å². The predicted octanol–water partition coefficient (Wildman–Crippen LogP) is 5.09. The molecule has 1 saturated carbocycles. The molecule has 0 radical (unpaired) electrons. The van der Waals surface area contributed by atoms with Crippen molar-refractivity contribution in [2.45, 2.75) is 37.5 Å². The molecule has 2 fully saturated rings. The van der Waals surface area contributed by atoms with Gasteiger partial charge < -0.3 is 9.32 Å². The molecule has 7 nitrogen and oxygen atoms in total. The molecule has 3 aromatic heterocycles. The number of thiazole rings is 1. The molecule has 32 heavy (non-hydrogen) atoms. The van der Waals surface area contributed by atoms with Gasteiger partial charge in [-0.25, -0.2) is 9.97 Å². The smallest absolute Gasteiger partial charge is 0.266 e. The monoisotopic (exact) mass is 445 g/mol. The molecule has 1 amide bonds. The summed E-state index contributed by atoms with van der Waals surface area (Å²) in [5, 5.41) is 8.26. The highest BCUT2D eigenvalue weighted by atomic mass is 32.1. The first-order valence-corrected chi connectivity index (χ1v) is 11.9. The molecule has 0 unspecified atom stereocenters. The van der Waals surface area contributed by atoms with Gasteiger partial charge in [-0.3, -0.25) is 9.89 Å². The Hall–Kier alpha value is -3.26. The van der Waals surface area contributed by atoms with Crippen molar-refractivity contribution in [3.8, 4) is 22.0 Å². The average Bonchev–Trinajstić information content (AvgIpc) is 3.26. The topological polar surface area (TPSA) is 87.9 Å². The number of carbonyl (C=O) groups excluding carboxylic acids is 1. The van der Waals surface area contributed by atoms with E-state index in [0.717, 1.165) is 40.8 Å². The van der Waals surface area contributed by atoms with Crippen molar-refractivity contribution in [3.05, 3.63) is 65.3 Å². The Morgan fingerprint density at radius 2 is 1.81 bits per heavy atom. The highest BCUT2D eigenvalue weighted by molar-refractivity contribution is 7.17. The number of aromatic amines is 1. The molecule has 0 bridgehead atoms. The third kappa shape index (κ3) is 3.64. The van der Waals surface area contributed by atoms with Gasteiger partial charge in [0, 0.05) is 30.5 Å². The first-order valence-electron chi connectivity index (χ1n) is 11.1. The van der Waals surface area contributed by atoms with E-state index in [4.69, 9.17) is 14.4 Å². The van der Waals surface area contributed by atoms with Crippen molar-refractivity contribution in [1.82, 2.24) is 25.1 Å². The lowest BCUT2D eigenvalue weighted by molar-refractivity contribution is 0.0716. The maximum absolute atomic E-state index is 13.6. The van der Waals surface area contributed by atoms with Gasteiger partial charge in [-0.2, -0.15) is 5.10 Å². The summed E-state index contributed by atoms with van der Waals surface area (Å²) >= 11 is 1.40. The molecule has 6 rings (SSSR count). The second kappa shape index (κ2) is 8.02. The number of furan rings is 1. The van der Waals surface area contributed by atoms with Gasteiger partial charge in [0.15, 0.2) is 16.6 Å². The van der Waals surface area contributed by atoms with Crippen LogP contribution >= 0.6 is 11.3 Å². The summed E-state index contributed by atoms with van der Waals surface area (Å²) in [5.74, 6) is 3.53. The van der Waals surface area contributed by atoms with E-state index in [0.29, 0.717) is 35.6 Å². The Balaban J connectivity index is 1.23. The minimum absolute atomic E-state index is 0.0360. The van der Waals surface area contributed by atoms with Gasteiger partial charge in [0.1, 0.15) is 10.7 Å². The fraction of sp³-hybridized carbons (Fsp3) is 0.333. The number of rotatable bonds is 5. The van der Waals surface area contributed by atoms with Gasteiger partial charge in [-0.15, -0.1) is 11.3 Å². The van der Waals surface area contributed by atoms with E-state index < -0.39 is 0 Å². The summed E-state index contributed by atoms with van der Waals surface area (Å²) < 4.78 is 5.54. The van der Waals surface area contributed by atoms with Crippen LogP contribution < -0.4 is 0 Å². The maximum atomic E-state index is 13.6. The highest BCUT2D eigenvalue weighted by Crippen LogP contribution is 2.39. The molecule has 162 valence electrons. The van der Waals surface area contributed by atoms with Crippen LogP contribution in [0.2, 0.25) is 0 Å². The van der Waals surface area contributed by atoms with E-state index in [1.165, 1.54) is 24.2 Å². The number of H-pyrrole nitrogens is 1. The average molecular weight is 446 g/mol. The van der Waals surface area contributed by atoms with Crippen molar-refractivity contribution in [2.75, 3.05) is 13.1 Å². The van der Waals surface area contributed by atoms with Crippen LogP contribution in [0.25, 0.3) is 22.0 Å². The molecule has 2 aliphatic rings. The largest absolute Gasteiger partial charge is 0.462 e. The van der Waals surface area contributed by atoms with E-state index in [-0.39, 0.29) is 5.91 Å². The molecule has 1 aliphatic heterocycles. The second-order valence-electron chi connectivity index (χ2n) is 8.46. The van der Waals surface area contributed by atoms with E-state index >= 15 is 0 Å². The quantitative estimate of drug-likeness (QED) is 0.462. The molecule has 1 aromatic carbocycles. The first kappa shape index (κ1) is 19.4. The van der Waals surface area contributed by atoms with Crippen LogP contribution in [0.1, 0.15) is 58.8 Å². The number of amides is 1. The van der Waals surface area contributed by atoms with Crippen LogP contribution in [0, 0.1) is 0 Å². The fourth-order valence-electron chi connectivity index (χ4n) is 4.26. The minimum atomic E-state index is 0.0360. The van der Waals surface area contributed by atoms with Crippen LogP contribution in [-0.2, 0) is 0 Å². The predicted molar refractivity (Wildman–Crippen MR) is 121 cm³/mol. The number of aromatic nitrogens is 4. The third-order valence-electron chi connectivity index (χ3n) is 6.23. The normalized spacial score (nSPS) is 17.1. The molecule has 1 saturated heterocycles. The van der Waals surface area contributed by atoms with Crippen LogP contribution in [0.15, 0.2) is 53.1 Å². The zero-order chi connectivity index (χ0) is 21.5. The lowest BCUT2D eigenvalue weighted by atomic mass is 9.96. The van der Waals surface area contributed by atoms with Crippen molar-refractivity contribution in [3.63, 3.8) is 0 Å². The third-order valence-corrected chi connectivity index (χ3v) is 7.29. The summed E-state index contributed by atoms with van der Waals surface area (Å²) in [6, 6.07) is 13.6. The van der Waals surface area contributed by atoms with E-state index in [9.17, 15) is 4.79 Å². The Bertz CT molecular complexity index is 1220. The lowest BCUT2D eigenvalue weighted by Crippen LogP contribution is -2.38. The van der Waals surface area contributed by atoms with E-state index in [1.54, 1.807) is 6.26 Å². The fourth-order valence-corrected chi connectivity index (χ4v) is 5.28. The number of hydrogen-bond acceptors (Lipinski definition) is 6. The molecule has 4 heterocycles. The lowest BCUT2D eigenvalue weighted by Gasteiger charge is -2.30.